The van der Waals surface area contributed by atoms with Gasteiger partial charge in [-0.15, -0.1) is 0 Å². The molecular formula is C16H25ClN2O2. The Balaban J connectivity index is 2.86. The van der Waals surface area contributed by atoms with Crippen LogP contribution in [0.25, 0.3) is 0 Å². The summed E-state index contributed by atoms with van der Waals surface area (Å²) in [4.78, 5) is 13.6. The van der Waals surface area contributed by atoms with E-state index in [2.05, 4.69) is 12.2 Å². The first-order valence-corrected chi connectivity index (χ1v) is 7.37. The summed E-state index contributed by atoms with van der Waals surface area (Å²) in [6.45, 7) is 6.19. The van der Waals surface area contributed by atoms with Gasteiger partial charge in [0.1, 0.15) is 0 Å². The molecule has 0 bridgehead atoms. The van der Waals surface area contributed by atoms with Crippen LogP contribution >= 0.6 is 11.6 Å². The van der Waals surface area contributed by atoms with E-state index in [0.29, 0.717) is 10.6 Å². The van der Waals surface area contributed by atoms with Crippen molar-refractivity contribution in [3.8, 4) is 0 Å². The summed E-state index contributed by atoms with van der Waals surface area (Å²) in [5.41, 5.74) is 1.19. The Labute approximate surface area is 132 Å². The van der Waals surface area contributed by atoms with E-state index >= 15 is 0 Å². The SMILES string of the molecule is COC(C)(C)CC(C)Nc1ccc(Cl)c(C(=O)N(C)C)c1. The molecule has 1 atom stereocenters. The Hall–Kier alpha value is -1.26. The Morgan fingerprint density at radius 2 is 2.05 bits per heavy atom. The summed E-state index contributed by atoms with van der Waals surface area (Å²) in [5.74, 6) is -0.103. The van der Waals surface area contributed by atoms with Gasteiger partial charge in [0, 0.05) is 32.9 Å². The molecule has 1 N–H and O–H groups in total. The van der Waals surface area contributed by atoms with Crippen LogP contribution in [0.5, 0.6) is 0 Å². The van der Waals surface area contributed by atoms with E-state index in [1.807, 2.05) is 19.9 Å². The Morgan fingerprint density at radius 1 is 1.43 bits per heavy atom. The molecule has 5 heteroatoms. The van der Waals surface area contributed by atoms with Gasteiger partial charge in [-0.2, -0.15) is 0 Å². The van der Waals surface area contributed by atoms with Crippen molar-refractivity contribution in [1.82, 2.24) is 4.90 Å². The smallest absolute Gasteiger partial charge is 0.254 e. The number of benzene rings is 1. The van der Waals surface area contributed by atoms with Crippen molar-refractivity contribution in [3.63, 3.8) is 0 Å². The molecule has 0 radical (unpaired) electrons. The van der Waals surface area contributed by atoms with Crippen molar-refractivity contribution in [2.75, 3.05) is 26.5 Å². The summed E-state index contributed by atoms with van der Waals surface area (Å²) in [6, 6.07) is 5.63. The number of nitrogens with zero attached hydrogens (tertiary/aromatic N) is 1. The summed E-state index contributed by atoms with van der Waals surface area (Å²) >= 11 is 6.11. The van der Waals surface area contributed by atoms with Crippen LogP contribution < -0.4 is 5.32 Å². The van der Waals surface area contributed by atoms with Gasteiger partial charge in [0.25, 0.3) is 5.91 Å². The summed E-state index contributed by atoms with van der Waals surface area (Å²) in [5, 5.41) is 3.85. The van der Waals surface area contributed by atoms with E-state index in [4.69, 9.17) is 16.3 Å². The highest BCUT2D eigenvalue weighted by atomic mass is 35.5. The van der Waals surface area contributed by atoms with Gasteiger partial charge in [0.2, 0.25) is 0 Å². The Bertz CT molecular complexity index is 501. The van der Waals surface area contributed by atoms with Gasteiger partial charge in [0.15, 0.2) is 0 Å². The average molecular weight is 313 g/mol. The fourth-order valence-electron chi connectivity index (χ4n) is 2.18. The molecule has 0 aliphatic carbocycles. The lowest BCUT2D eigenvalue weighted by molar-refractivity contribution is 0.0128. The molecule has 0 aliphatic heterocycles. The average Bonchev–Trinajstić information content (AvgIpc) is 2.39. The number of hydrogen-bond donors (Lipinski definition) is 1. The third-order valence-electron chi connectivity index (χ3n) is 3.37. The molecule has 1 amide bonds. The molecule has 0 fully saturated rings. The standard InChI is InChI=1S/C16H25ClN2O2/c1-11(10-16(2,3)21-6)18-12-7-8-14(17)13(9-12)15(20)19(4)5/h7-9,11,18H,10H2,1-6H3. The van der Waals surface area contributed by atoms with Gasteiger partial charge < -0.3 is 15.0 Å². The number of carbonyl (C=O) groups is 1. The number of rotatable bonds is 6. The van der Waals surface area contributed by atoms with E-state index in [0.717, 1.165) is 12.1 Å². The number of carbonyl (C=O) groups excluding carboxylic acids is 1. The lowest BCUT2D eigenvalue weighted by atomic mass is 9.99. The third-order valence-corrected chi connectivity index (χ3v) is 3.70. The van der Waals surface area contributed by atoms with Crippen LogP contribution in [0.4, 0.5) is 5.69 Å². The van der Waals surface area contributed by atoms with Gasteiger partial charge in [-0.25, -0.2) is 0 Å². The normalized spacial score (nSPS) is 12.9. The molecule has 0 aromatic heterocycles. The second-order valence-electron chi connectivity index (χ2n) is 6.11. The summed E-state index contributed by atoms with van der Waals surface area (Å²) < 4.78 is 5.44. The second-order valence-corrected chi connectivity index (χ2v) is 6.51. The monoisotopic (exact) mass is 312 g/mol. The highest BCUT2D eigenvalue weighted by molar-refractivity contribution is 6.34. The van der Waals surface area contributed by atoms with Gasteiger partial charge >= 0.3 is 0 Å². The molecule has 0 aliphatic rings. The second kappa shape index (κ2) is 7.14. The van der Waals surface area contributed by atoms with E-state index in [1.165, 1.54) is 4.90 Å². The maximum atomic E-state index is 12.1. The molecule has 4 nitrogen and oxygen atoms in total. The first kappa shape index (κ1) is 17.8. The zero-order chi connectivity index (χ0) is 16.2. The van der Waals surface area contributed by atoms with Crippen molar-refractivity contribution >= 4 is 23.2 Å². The van der Waals surface area contributed by atoms with Crippen molar-refractivity contribution in [3.05, 3.63) is 28.8 Å². The largest absolute Gasteiger partial charge is 0.382 e. The van der Waals surface area contributed by atoms with Crippen LogP contribution in [-0.2, 0) is 4.74 Å². The molecule has 0 saturated carbocycles. The molecule has 0 spiro atoms. The van der Waals surface area contributed by atoms with Crippen LogP contribution in [0, 0.1) is 0 Å². The van der Waals surface area contributed by atoms with Crippen LogP contribution in [0.3, 0.4) is 0 Å². The molecule has 1 aromatic carbocycles. The van der Waals surface area contributed by atoms with Gasteiger partial charge in [-0.3, -0.25) is 4.79 Å². The highest BCUT2D eigenvalue weighted by Gasteiger charge is 2.20. The lowest BCUT2D eigenvalue weighted by Gasteiger charge is -2.27. The fraction of sp³-hybridized carbons (Fsp3) is 0.562. The van der Waals surface area contributed by atoms with E-state index < -0.39 is 0 Å². The van der Waals surface area contributed by atoms with Crippen molar-refractivity contribution in [2.24, 2.45) is 0 Å². The number of anilines is 1. The molecule has 1 rings (SSSR count). The number of ether oxygens (including phenoxy) is 1. The predicted molar refractivity (Wildman–Crippen MR) is 88.3 cm³/mol. The van der Waals surface area contributed by atoms with Crippen LogP contribution in [-0.4, -0.2) is 43.7 Å². The number of amides is 1. The Kier molecular flexibility index (Phi) is 6.05. The van der Waals surface area contributed by atoms with E-state index in [-0.39, 0.29) is 17.6 Å². The lowest BCUT2D eigenvalue weighted by Crippen LogP contribution is -2.31. The maximum Gasteiger partial charge on any atom is 0.254 e. The first-order valence-electron chi connectivity index (χ1n) is 6.99. The molecule has 0 heterocycles. The summed E-state index contributed by atoms with van der Waals surface area (Å²) in [7, 11) is 5.13. The molecular weight excluding hydrogens is 288 g/mol. The van der Waals surface area contributed by atoms with Crippen LogP contribution in [0.2, 0.25) is 5.02 Å². The molecule has 1 unspecified atom stereocenters. The van der Waals surface area contributed by atoms with Crippen LogP contribution in [0.15, 0.2) is 18.2 Å². The molecule has 21 heavy (non-hydrogen) atoms. The number of nitrogens with one attached hydrogen (secondary N) is 1. The minimum atomic E-state index is -0.193. The van der Waals surface area contributed by atoms with Gasteiger partial charge in [-0.05, 0) is 45.4 Å². The topological polar surface area (TPSA) is 41.6 Å². The van der Waals surface area contributed by atoms with Gasteiger partial charge in [0.05, 0.1) is 16.2 Å². The highest BCUT2D eigenvalue weighted by Crippen LogP contribution is 2.24. The third kappa shape index (κ3) is 5.21. The number of hydrogen-bond acceptors (Lipinski definition) is 3. The fourth-order valence-corrected chi connectivity index (χ4v) is 2.37. The maximum absolute atomic E-state index is 12.1. The minimum absolute atomic E-state index is 0.103. The van der Waals surface area contributed by atoms with Gasteiger partial charge in [-0.1, -0.05) is 11.6 Å². The minimum Gasteiger partial charge on any atom is -0.382 e. The molecule has 118 valence electrons. The zero-order valence-electron chi connectivity index (χ0n) is 13.7. The molecule has 1 aromatic rings. The quantitative estimate of drug-likeness (QED) is 0.871. The molecule has 0 saturated heterocycles. The zero-order valence-corrected chi connectivity index (χ0v) is 14.4. The Morgan fingerprint density at radius 3 is 2.57 bits per heavy atom. The van der Waals surface area contributed by atoms with E-state index in [1.54, 1.807) is 33.3 Å². The number of halogens is 1. The number of methoxy groups -OCH3 is 1. The van der Waals surface area contributed by atoms with Crippen molar-refractivity contribution < 1.29 is 9.53 Å². The van der Waals surface area contributed by atoms with Crippen molar-refractivity contribution in [1.29, 1.82) is 0 Å². The predicted octanol–water partition coefficient (Wildman–Crippen LogP) is 3.66. The van der Waals surface area contributed by atoms with Crippen molar-refractivity contribution in [2.45, 2.75) is 38.8 Å². The van der Waals surface area contributed by atoms with Crippen LogP contribution in [0.1, 0.15) is 37.6 Å². The van der Waals surface area contributed by atoms with E-state index in [9.17, 15) is 4.79 Å². The summed E-state index contributed by atoms with van der Waals surface area (Å²) in [6.07, 6.45) is 0.850. The first-order chi connectivity index (χ1) is 9.66.